The number of benzene rings is 1. The van der Waals surface area contributed by atoms with Crippen molar-refractivity contribution < 1.29 is 4.79 Å². The molecule has 0 saturated heterocycles. The molecule has 1 aliphatic heterocycles. The molecule has 1 aromatic carbocycles. The molecule has 1 amide bonds. The van der Waals surface area contributed by atoms with Crippen molar-refractivity contribution >= 4 is 50.1 Å². The Bertz CT molecular complexity index is 1060. The molecule has 0 bridgehead atoms. The van der Waals surface area contributed by atoms with Crippen LogP contribution in [0, 0.1) is 6.92 Å². The average Bonchev–Trinajstić information content (AvgIpc) is 2.98. The molecule has 0 atom stereocenters. The van der Waals surface area contributed by atoms with Crippen LogP contribution in [0.5, 0.6) is 0 Å². The van der Waals surface area contributed by atoms with E-state index >= 15 is 0 Å². The van der Waals surface area contributed by atoms with E-state index in [-0.39, 0.29) is 5.91 Å². The van der Waals surface area contributed by atoms with Gasteiger partial charge in [0.2, 0.25) is 0 Å². The van der Waals surface area contributed by atoms with E-state index in [0.29, 0.717) is 22.3 Å². The zero-order valence-electron chi connectivity index (χ0n) is 13.8. The second-order valence-corrected chi connectivity index (χ2v) is 7.56. The van der Waals surface area contributed by atoms with Crippen molar-refractivity contribution in [1.29, 1.82) is 0 Å². The van der Waals surface area contributed by atoms with Gasteiger partial charge in [0.15, 0.2) is 5.17 Å². The topological polar surface area (TPSA) is 71.1 Å². The normalized spacial score (nSPS) is 14.1. The summed E-state index contributed by atoms with van der Waals surface area (Å²) >= 11 is 4.88. The number of aromatic nitrogens is 2. The molecule has 2 aromatic heterocycles. The fraction of sp³-hybridized carbons (Fsp3) is 0.111. The SMILES string of the molecule is Cc1nc2ccc(Br)cn2c1C(=O)NC1=NN=C(c2ccccc2)CS1. The minimum Gasteiger partial charge on any atom is -0.298 e. The highest BCUT2D eigenvalue weighted by Gasteiger charge is 2.20. The van der Waals surface area contributed by atoms with E-state index < -0.39 is 0 Å². The van der Waals surface area contributed by atoms with Crippen molar-refractivity contribution in [2.24, 2.45) is 10.2 Å². The van der Waals surface area contributed by atoms with Crippen LogP contribution in [-0.2, 0) is 0 Å². The van der Waals surface area contributed by atoms with Gasteiger partial charge in [-0.2, -0.15) is 5.10 Å². The highest BCUT2D eigenvalue weighted by molar-refractivity contribution is 9.10. The van der Waals surface area contributed by atoms with E-state index in [4.69, 9.17) is 0 Å². The van der Waals surface area contributed by atoms with Crippen LogP contribution in [0.3, 0.4) is 0 Å². The molecule has 0 fully saturated rings. The first-order valence-corrected chi connectivity index (χ1v) is 9.68. The standard InChI is InChI=1S/C18H14BrN5OS/c1-11-16(24-9-13(19)7-8-15(24)20-11)17(25)21-18-23-22-14(10-26-18)12-5-3-2-4-6-12/h2-9H,10H2,1H3,(H,21,23,25). The maximum absolute atomic E-state index is 12.7. The van der Waals surface area contributed by atoms with E-state index in [1.54, 1.807) is 4.40 Å². The molecule has 0 saturated carbocycles. The van der Waals surface area contributed by atoms with E-state index in [2.05, 4.69) is 36.4 Å². The maximum Gasteiger partial charge on any atom is 0.276 e. The Morgan fingerprint density at radius 2 is 2.00 bits per heavy atom. The Labute approximate surface area is 162 Å². The molecule has 0 unspecified atom stereocenters. The van der Waals surface area contributed by atoms with E-state index in [9.17, 15) is 4.79 Å². The predicted octanol–water partition coefficient (Wildman–Crippen LogP) is 3.64. The molecule has 4 rings (SSSR count). The molecule has 1 N–H and O–H groups in total. The summed E-state index contributed by atoms with van der Waals surface area (Å²) in [5, 5.41) is 11.7. The van der Waals surface area contributed by atoms with Gasteiger partial charge in [0.1, 0.15) is 11.3 Å². The first kappa shape index (κ1) is 17.0. The van der Waals surface area contributed by atoms with Crippen molar-refractivity contribution in [3.8, 4) is 0 Å². The number of thioether (sulfide) groups is 1. The van der Waals surface area contributed by atoms with Gasteiger partial charge >= 0.3 is 0 Å². The minimum atomic E-state index is -0.252. The second-order valence-electron chi connectivity index (χ2n) is 5.68. The summed E-state index contributed by atoms with van der Waals surface area (Å²) in [5.41, 5.74) is 3.80. The van der Waals surface area contributed by atoms with Crippen LogP contribution in [0.2, 0.25) is 0 Å². The minimum absolute atomic E-state index is 0.252. The molecule has 0 spiro atoms. The molecule has 6 nitrogen and oxygen atoms in total. The highest BCUT2D eigenvalue weighted by atomic mass is 79.9. The number of halogens is 1. The third-order valence-corrected chi connectivity index (χ3v) is 5.25. The van der Waals surface area contributed by atoms with Gasteiger partial charge in [0, 0.05) is 16.4 Å². The van der Waals surface area contributed by atoms with Crippen LogP contribution in [0.15, 0.2) is 63.3 Å². The van der Waals surface area contributed by atoms with Crippen molar-refractivity contribution in [3.05, 3.63) is 70.1 Å². The third kappa shape index (κ3) is 3.30. The van der Waals surface area contributed by atoms with Gasteiger partial charge in [-0.05, 0) is 40.5 Å². The molecule has 0 aliphatic carbocycles. The fourth-order valence-electron chi connectivity index (χ4n) is 2.70. The Morgan fingerprint density at radius 1 is 1.19 bits per heavy atom. The average molecular weight is 428 g/mol. The van der Waals surface area contributed by atoms with Crippen molar-refractivity contribution in [1.82, 2.24) is 14.7 Å². The first-order chi connectivity index (χ1) is 12.6. The lowest BCUT2D eigenvalue weighted by Crippen LogP contribution is -2.31. The summed E-state index contributed by atoms with van der Waals surface area (Å²) in [6.45, 7) is 1.82. The number of hydrogen-bond acceptors (Lipinski definition) is 5. The maximum atomic E-state index is 12.7. The molecule has 3 heterocycles. The van der Waals surface area contributed by atoms with Crippen LogP contribution in [0.1, 0.15) is 21.7 Å². The lowest BCUT2D eigenvalue weighted by molar-refractivity contribution is 0.0971. The number of pyridine rings is 1. The predicted molar refractivity (Wildman–Crippen MR) is 108 cm³/mol. The monoisotopic (exact) mass is 427 g/mol. The lowest BCUT2D eigenvalue weighted by atomic mass is 10.1. The van der Waals surface area contributed by atoms with Crippen LogP contribution in [0.4, 0.5) is 0 Å². The highest BCUT2D eigenvalue weighted by Crippen LogP contribution is 2.18. The molecule has 0 radical (unpaired) electrons. The van der Waals surface area contributed by atoms with Gasteiger partial charge < -0.3 is 0 Å². The van der Waals surface area contributed by atoms with Crippen LogP contribution in [0.25, 0.3) is 5.65 Å². The van der Waals surface area contributed by atoms with Gasteiger partial charge in [-0.3, -0.25) is 14.5 Å². The third-order valence-electron chi connectivity index (χ3n) is 3.91. The molecule has 26 heavy (non-hydrogen) atoms. The van der Waals surface area contributed by atoms with Crippen molar-refractivity contribution in [2.45, 2.75) is 6.92 Å². The Morgan fingerprint density at radius 3 is 2.73 bits per heavy atom. The number of fused-ring (bicyclic) bond motifs is 1. The number of imidazole rings is 1. The van der Waals surface area contributed by atoms with Crippen LogP contribution < -0.4 is 5.32 Å². The number of amidine groups is 1. The van der Waals surface area contributed by atoms with Gasteiger partial charge in [-0.25, -0.2) is 4.98 Å². The first-order valence-electron chi connectivity index (χ1n) is 7.90. The summed E-state index contributed by atoms with van der Waals surface area (Å²) in [4.78, 5) is 17.2. The zero-order valence-corrected chi connectivity index (χ0v) is 16.2. The zero-order chi connectivity index (χ0) is 18.1. The van der Waals surface area contributed by atoms with E-state index in [1.165, 1.54) is 11.8 Å². The summed E-state index contributed by atoms with van der Waals surface area (Å²) < 4.78 is 2.64. The Hall–Kier alpha value is -2.45. The van der Waals surface area contributed by atoms with Crippen LogP contribution in [-0.4, -0.2) is 31.9 Å². The summed E-state index contributed by atoms with van der Waals surface area (Å²) in [5.74, 6) is 0.401. The van der Waals surface area contributed by atoms with Gasteiger partial charge in [0.25, 0.3) is 5.91 Å². The quantitative estimate of drug-likeness (QED) is 0.678. The number of hydrogen-bond donors (Lipinski definition) is 1. The Balaban J connectivity index is 1.58. The van der Waals surface area contributed by atoms with Crippen LogP contribution >= 0.6 is 27.7 Å². The molecule has 8 heteroatoms. The molecule has 3 aromatic rings. The summed E-state index contributed by atoms with van der Waals surface area (Å²) in [6, 6.07) is 13.6. The van der Waals surface area contributed by atoms with Crippen molar-refractivity contribution in [3.63, 3.8) is 0 Å². The van der Waals surface area contributed by atoms with E-state index in [1.807, 2.05) is 55.6 Å². The summed E-state index contributed by atoms with van der Waals surface area (Å²) in [6.07, 6.45) is 1.83. The summed E-state index contributed by atoms with van der Waals surface area (Å²) in [7, 11) is 0. The molecular weight excluding hydrogens is 414 g/mol. The molecular formula is C18H14BrN5OS. The number of nitrogens with zero attached hydrogens (tertiary/aromatic N) is 4. The Kier molecular flexibility index (Phi) is 4.60. The number of carbonyl (C=O) groups is 1. The number of aryl methyl sites for hydroxylation is 1. The van der Waals surface area contributed by atoms with E-state index in [0.717, 1.165) is 21.4 Å². The number of carbonyl (C=O) groups excluding carboxylic acids is 1. The molecule has 130 valence electrons. The number of rotatable bonds is 2. The lowest BCUT2D eigenvalue weighted by Gasteiger charge is -2.13. The smallest absolute Gasteiger partial charge is 0.276 e. The second kappa shape index (κ2) is 7.05. The number of nitrogens with one attached hydrogen (secondary N) is 1. The molecule has 1 aliphatic rings. The number of amides is 1. The fourth-order valence-corrected chi connectivity index (χ4v) is 3.80. The largest absolute Gasteiger partial charge is 0.298 e. The van der Waals surface area contributed by atoms with Gasteiger partial charge in [-0.15, -0.1) is 5.10 Å². The van der Waals surface area contributed by atoms with Gasteiger partial charge in [0.05, 0.1) is 11.4 Å². The van der Waals surface area contributed by atoms with Crippen molar-refractivity contribution in [2.75, 3.05) is 5.75 Å². The van der Waals surface area contributed by atoms with Gasteiger partial charge in [-0.1, -0.05) is 42.1 Å².